The summed E-state index contributed by atoms with van der Waals surface area (Å²) in [4.78, 5) is 20.8. The molecule has 3 heterocycles. The molecule has 0 saturated carbocycles. The molecule has 0 bridgehead atoms. The van der Waals surface area contributed by atoms with Gasteiger partial charge in [-0.2, -0.15) is 0 Å². The summed E-state index contributed by atoms with van der Waals surface area (Å²) in [5.41, 5.74) is 4.65. The summed E-state index contributed by atoms with van der Waals surface area (Å²) >= 11 is 0.930. The zero-order valence-corrected chi connectivity index (χ0v) is 19.7. The van der Waals surface area contributed by atoms with Crippen molar-refractivity contribution in [1.82, 2.24) is 4.98 Å². The topological polar surface area (TPSA) is 106 Å². The minimum absolute atomic E-state index is 0.0118. The van der Waals surface area contributed by atoms with Gasteiger partial charge in [0.15, 0.2) is 9.34 Å². The van der Waals surface area contributed by atoms with E-state index in [-0.39, 0.29) is 10.2 Å². The number of urea groups is 1. The van der Waals surface area contributed by atoms with E-state index in [1.54, 1.807) is 11.8 Å². The number of amides is 2. The van der Waals surface area contributed by atoms with Crippen LogP contribution in [-0.2, 0) is 14.8 Å². The van der Waals surface area contributed by atoms with E-state index in [1.165, 1.54) is 16.0 Å². The minimum atomic E-state index is -3.88. The van der Waals surface area contributed by atoms with Crippen LogP contribution in [0.5, 0.6) is 0 Å². The molecule has 0 spiro atoms. The molecular weight excluding hydrogens is 460 g/mol. The standard InChI is InChI=1S/C23H24N4O4S2/c1-15-21(33(24,29)30)32-22(25-15)27-12-4-11-26(23(27)28)18-9-7-16(8-10-18)19-5-2-3-6-20(19)17-13-31-14-17/h2-3,5-10,17H,4,11-14H2,1H3,(H2,24,29,30). The van der Waals surface area contributed by atoms with Gasteiger partial charge in [0, 0.05) is 24.7 Å². The molecule has 33 heavy (non-hydrogen) atoms. The first-order valence-corrected chi connectivity index (χ1v) is 13.1. The highest BCUT2D eigenvalue weighted by Gasteiger charge is 2.31. The molecule has 2 aliphatic heterocycles. The number of aromatic nitrogens is 1. The maximum Gasteiger partial charge on any atom is 0.330 e. The number of carbonyl (C=O) groups excluding carboxylic acids is 1. The van der Waals surface area contributed by atoms with Crippen molar-refractivity contribution in [2.75, 3.05) is 36.1 Å². The average Bonchev–Trinajstić information content (AvgIpc) is 3.15. The van der Waals surface area contributed by atoms with Crippen LogP contribution >= 0.6 is 11.3 Å². The Hall–Kier alpha value is -2.79. The highest BCUT2D eigenvalue weighted by molar-refractivity contribution is 7.91. The van der Waals surface area contributed by atoms with Crippen molar-refractivity contribution >= 4 is 38.2 Å². The lowest BCUT2D eigenvalue weighted by Crippen LogP contribution is -2.49. The molecule has 8 nitrogen and oxygen atoms in total. The maximum absolute atomic E-state index is 13.3. The van der Waals surface area contributed by atoms with Crippen LogP contribution in [0.25, 0.3) is 11.1 Å². The fourth-order valence-corrected chi connectivity index (χ4v) is 6.21. The summed E-state index contributed by atoms with van der Waals surface area (Å²) in [5, 5.41) is 5.63. The Balaban J connectivity index is 1.40. The van der Waals surface area contributed by atoms with E-state index in [4.69, 9.17) is 9.88 Å². The van der Waals surface area contributed by atoms with Gasteiger partial charge in [-0.15, -0.1) is 0 Å². The van der Waals surface area contributed by atoms with Crippen molar-refractivity contribution in [1.29, 1.82) is 0 Å². The Morgan fingerprint density at radius 2 is 1.76 bits per heavy atom. The van der Waals surface area contributed by atoms with Gasteiger partial charge in [-0.25, -0.2) is 23.3 Å². The summed E-state index contributed by atoms with van der Waals surface area (Å²) in [6, 6.07) is 16.1. The first-order valence-electron chi connectivity index (χ1n) is 10.7. The third-order valence-electron chi connectivity index (χ3n) is 5.99. The number of sulfonamides is 1. The van der Waals surface area contributed by atoms with Gasteiger partial charge in [-0.05, 0) is 42.2 Å². The van der Waals surface area contributed by atoms with Crippen LogP contribution < -0.4 is 14.9 Å². The number of carbonyl (C=O) groups is 1. The van der Waals surface area contributed by atoms with Gasteiger partial charge in [0.1, 0.15) is 0 Å². The van der Waals surface area contributed by atoms with Crippen LogP contribution in [-0.4, -0.2) is 45.7 Å². The highest BCUT2D eigenvalue weighted by atomic mass is 32.2. The molecule has 0 radical (unpaired) electrons. The number of ether oxygens (including phenoxy) is 1. The lowest BCUT2D eigenvalue weighted by Gasteiger charge is -2.34. The third kappa shape index (κ3) is 4.15. The molecule has 1 aromatic heterocycles. The van der Waals surface area contributed by atoms with Crippen molar-refractivity contribution in [3.8, 4) is 11.1 Å². The Morgan fingerprint density at radius 1 is 1.06 bits per heavy atom. The van der Waals surface area contributed by atoms with E-state index in [0.29, 0.717) is 29.8 Å². The molecule has 10 heteroatoms. The Kier molecular flexibility index (Phi) is 5.69. The van der Waals surface area contributed by atoms with Gasteiger partial charge in [0.2, 0.25) is 10.0 Å². The van der Waals surface area contributed by atoms with E-state index >= 15 is 0 Å². The molecule has 2 fully saturated rings. The number of hydrogen-bond acceptors (Lipinski definition) is 6. The number of rotatable bonds is 5. The summed E-state index contributed by atoms with van der Waals surface area (Å²) in [6.07, 6.45) is 0.737. The Labute approximate surface area is 196 Å². The van der Waals surface area contributed by atoms with Crippen molar-refractivity contribution in [3.63, 3.8) is 0 Å². The zero-order chi connectivity index (χ0) is 23.2. The third-order valence-corrected chi connectivity index (χ3v) is 8.72. The number of anilines is 2. The molecule has 0 aliphatic carbocycles. The van der Waals surface area contributed by atoms with Crippen molar-refractivity contribution in [3.05, 3.63) is 59.8 Å². The number of aryl methyl sites for hydroxylation is 1. The zero-order valence-electron chi connectivity index (χ0n) is 18.1. The Morgan fingerprint density at radius 3 is 2.39 bits per heavy atom. The van der Waals surface area contributed by atoms with E-state index in [9.17, 15) is 13.2 Å². The van der Waals surface area contributed by atoms with E-state index in [2.05, 4.69) is 17.1 Å². The molecule has 3 aromatic rings. The first kappa shape index (κ1) is 22.0. The predicted molar refractivity (Wildman–Crippen MR) is 128 cm³/mol. The number of primary sulfonamides is 1. The molecule has 2 N–H and O–H groups in total. The largest absolute Gasteiger partial charge is 0.380 e. The Bertz CT molecular complexity index is 1300. The van der Waals surface area contributed by atoms with Crippen LogP contribution in [0.15, 0.2) is 52.7 Å². The average molecular weight is 485 g/mol. The van der Waals surface area contributed by atoms with Gasteiger partial charge in [-0.3, -0.25) is 9.80 Å². The number of benzene rings is 2. The number of nitrogens with zero attached hydrogens (tertiary/aromatic N) is 3. The number of hydrogen-bond donors (Lipinski definition) is 1. The monoisotopic (exact) mass is 484 g/mol. The normalized spacial score (nSPS) is 17.3. The lowest BCUT2D eigenvalue weighted by molar-refractivity contribution is 0.00864. The highest BCUT2D eigenvalue weighted by Crippen LogP contribution is 2.35. The predicted octanol–water partition coefficient (Wildman–Crippen LogP) is 3.72. The molecule has 2 aliphatic rings. The smallest absolute Gasteiger partial charge is 0.330 e. The first-order chi connectivity index (χ1) is 15.8. The number of thiazole rings is 1. The fourth-order valence-electron chi connectivity index (χ4n) is 4.24. The van der Waals surface area contributed by atoms with Gasteiger partial charge in [0.05, 0.1) is 18.9 Å². The van der Waals surface area contributed by atoms with Crippen molar-refractivity contribution in [2.24, 2.45) is 5.14 Å². The second kappa shape index (κ2) is 8.53. The molecule has 2 aromatic carbocycles. The molecule has 2 amide bonds. The molecule has 0 atom stereocenters. The number of nitrogens with two attached hydrogens (primary N) is 1. The minimum Gasteiger partial charge on any atom is -0.380 e. The molecule has 2 saturated heterocycles. The van der Waals surface area contributed by atoms with Crippen LogP contribution in [0.4, 0.5) is 15.6 Å². The molecule has 0 unspecified atom stereocenters. The fraction of sp³-hybridized carbons (Fsp3) is 0.304. The SMILES string of the molecule is Cc1nc(N2CCCN(c3ccc(-c4ccccc4C4COC4)cc3)C2=O)sc1S(N)(=O)=O. The van der Waals surface area contributed by atoms with Crippen molar-refractivity contribution in [2.45, 2.75) is 23.5 Å². The van der Waals surface area contributed by atoms with Gasteiger partial charge in [-0.1, -0.05) is 47.7 Å². The summed E-state index contributed by atoms with van der Waals surface area (Å²) in [6.45, 7) is 4.13. The summed E-state index contributed by atoms with van der Waals surface area (Å²) in [7, 11) is -3.88. The van der Waals surface area contributed by atoms with Gasteiger partial charge >= 0.3 is 6.03 Å². The van der Waals surface area contributed by atoms with Crippen LogP contribution in [0.3, 0.4) is 0 Å². The molecular formula is C23H24N4O4S2. The summed E-state index contributed by atoms with van der Waals surface area (Å²) < 4.78 is 28.9. The molecule has 5 rings (SSSR count). The lowest BCUT2D eigenvalue weighted by atomic mass is 9.89. The van der Waals surface area contributed by atoms with E-state index in [1.807, 2.05) is 36.4 Å². The van der Waals surface area contributed by atoms with E-state index < -0.39 is 10.0 Å². The van der Waals surface area contributed by atoms with Gasteiger partial charge in [0.25, 0.3) is 0 Å². The van der Waals surface area contributed by atoms with Crippen molar-refractivity contribution < 1.29 is 17.9 Å². The van der Waals surface area contributed by atoms with Crippen LogP contribution in [0.2, 0.25) is 0 Å². The molecule has 172 valence electrons. The second-order valence-electron chi connectivity index (χ2n) is 8.22. The van der Waals surface area contributed by atoms with Gasteiger partial charge < -0.3 is 4.74 Å². The van der Waals surface area contributed by atoms with E-state index in [0.717, 1.165) is 42.2 Å². The van der Waals surface area contributed by atoms with Crippen LogP contribution in [0, 0.1) is 6.92 Å². The second-order valence-corrected chi connectivity index (χ2v) is 11.0. The van der Waals surface area contributed by atoms with Crippen LogP contribution in [0.1, 0.15) is 23.6 Å². The maximum atomic E-state index is 13.3. The quantitative estimate of drug-likeness (QED) is 0.594. The summed E-state index contributed by atoms with van der Waals surface area (Å²) in [5.74, 6) is 0.419.